The second-order valence-electron chi connectivity index (χ2n) is 8.17. The summed E-state index contributed by atoms with van der Waals surface area (Å²) in [5.74, 6) is -1.57. The van der Waals surface area contributed by atoms with E-state index in [2.05, 4.69) is 24.4 Å². The van der Waals surface area contributed by atoms with Crippen LogP contribution in [0.3, 0.4) is 0 Å². The van der Waals surface area contributed by atoms with Crippen molar-refractivity contribution in [1.29, 1.82) is 0 Å². The van der Waals surface area contributed by atoms with Crippen molar-refractivity contribution in [3.63, 3.8) is 0 Å². The molecule has 7 heteroatoms. The van der Waals surface area contributed by atoms with Crippen molar-refractivity contribution < 1.29 is 19.6 Å². The predicted molar refractivity (Wildman–Crippen MR) is 128 cm³/mol. The molecule has 0 radical (unpaired) electrons. The number of nitro benzene ring substituents is 1. The molecule has 0 saturated carbocycles. The summed E-state index contributed by atoms with van der Waals surface area (Å²) in [6, 6.07) is 3.34. The molecule has 1 aromatic rings. The average Bonchev–Trinajstić information content (AvgIpc) is 2.76. The van der Waals surface area contributed by atoms with Crippen LogP contribution in [0.25, 0.3) is 0 Å². The monoisotopic (exact) mass is 446 g/mol. The summed E-state index contributed by atoms with van der Waals surface area (Å²) in [5.41, 5.74) is -0.454. The zero-order valence-corrected chi connectivity index (χ0v) is 19.3. The van der Waals surface area contributed by atoms with Gasteiger partial charge in [-0.05, 0) is 38.2 Å². The lowest BCUT2D eigenvalue weighted by atomic mass is 10.1. The summed E-state index contributed by atoms with van der Waals surface area (Å²) in [6.07, 6.45) is 20.0. The van der Waals surface area contributed by atoms with Gasteiger partial charge in [0.2, 0.25) is 5.91 Å². The number of carbonyl (C=O) groups is 2. The molecule has 0 spiro atoms. The first-order chi connectivity index (χ1) is 15.5. The van der Waals surface area contributed by atoms with Crippen LogP contribution >= 0.6 is 0 Å². The molecule has 32 heavy (non-hydrogen) atoms. The molecule has 0 bridgehead atoms. The van der Waals surface area contributed by atoms with E-state index in [1.165, 1.54) is 44.9 Å². The van der Waals surface area contributed by atoms with E-state index in [1.807, 2.05) is 0 Å². The third-order valence-electron chi connectivity index (χ3n) is 5.38. The maximum Gasteiger partial charge on any atom is 0.337 e. The van der Waals surface area contributed by atoms with E-state index < -0.39 is 10.9 Å². The van der Waals surface area contributed by atoms with Crippen LogP contribution in [0.1, 0.15) is 107 Å². The number of hydrogen-bond donors (Lipinski definition) is 2. The van der Waals surface area contributed by atoms with Crippen molar-refractivity contribution in [1.82, 2.24) is 0 Å². The number of unbranched alkanes of at least 4 members (excludes halogenated alkanes) is 11. The van der Waals surface area contributed by atoms with Crippen molar-refractivity contribution in [3.05, 3.63) is 46.0 Å². The van der Waals surface area contributed by atoms with Gasteiger partial charge in [-0.2, -0.15) is 0 Å². The van der Waals surface area contributed by atoms with Gasteiger partial charge in [-0.3, -0.25) is 14.9 Å². The molecule has 0 aromatic heterocycles. The topological polar surface area (TPSA) is 110 Å². The van der Waals surface area contributed by atoms with Gasteiger partial charge in [-0.25, -0.2) is 4.79 Å². The van der Waals surface area contributed by atoms with Crippen LogP contribution in [0.15, 0.2) is 30.4 Å². The zero-order chi connectivity index (χ0) is 23.6. The van der Waals surface area contributed by atoms with Crippen LogP contribution in [0, 0.1) is 10.1 Å². The second-order valence-corrected chi connectivity index (χ2v) is 8.17. The van der Waals surface area contributed by atoms with Gasteiger partial charge in [-0.15, -0.1) is 0 Å². The Labute approximate surface area is 191 Å². The Kier molecular flexibility index (Phi) is 14.5. The fourth-order valence-corrected chi connectivity index (χ4v) is 3.50. The number of carboxylic acids is 1. The van der Waals surface area contributed by atoms with Gasteiger partial charge in [0.15, 0.2) is 0 Å². The minimum Gasteiger partial charge on any atom is -0.478 e. The Balaban J connectivity index is 2.13. The highest BCUT2D eigenvalue weighted by atomic mass is 16.6. The molecule has 0 aliphatic rings. The highest BCUT2D eigenvalue weighted by Crippen LogP contribution is 2.23. The highest BCUT2D eigenvalue weighted by molar-refractivity contribution is 6.01. The fourth-order valence-electron chi connectivity index (χ4n) is 3.50. The largest absolute Gasteiger partial charge is 0.478 e. The number of benzene rings is 1. The SMILES string of the molecule is CCCCCCCCC=CCCCCCCCC(=O)Nc1cc([N+](=O)[O-])ccc1C(=O)O. The summed E-state index contributed by atoms with van der Waals surface area (Å²) in [5, 5.41) is 22.6. The lowest BCUT2D eigenvalue weighted by Crippen LogP contribution is -2.14. The van der Waals surface area contributed by atoms with Gasteiger partial charge in [-0.1, -0.05) is 70.4 Å². The molecule has 0 aliphatic heterocycles. The normalized spacial score (nSPS) is 11.0. The molecule has 0 aliphatic carbocycles. The summed E-state index contributed by atoms with van der Waals surface area (Å²) >= 11 is 0. The maximum absolute atomic E-state index is 12.1. The first kappa shape index (κ1) is 27.3. The molecule has 0 fully saturated rings. The van der Waals surface area contributed by atoms with Crippen LogP contribution in [0.5, 0.6) is 0 Å². The van der Waals surface area contributed by atoms with Crippen molar-refractivity contribution in [2.45, 2.75) is 96.8 Å². The van der Waals surface area contributed by atoms with Crippen LogP contribution in [-0.4, -0.2) is 21.9 Å². The number of aromatic carboxylic acids is 1. The van der Waals surface area contributed by atoms with Crippen molar-refractivity contribution in [3.8, 4) is 0 Å². The third kappa shape index (κ3) is 12.2. The molecule has 178 valence electrons. The van der Waals surface area contributed by atoms with E-state index in [0.29, 0.717) is 6.42 Å². The Hall–Kier alpha value is -2.70. The van der Waals surface area contributed by atoms with E-state index in [0.717, 1.165) is 50.3 Å². The van der Waals surface area contributed by atoms with Gasteiger partial charge < -0.3 is 10.4 Å². The number of hydrogen-bond acceptors (Lipinski definition) is 4. The van der Waals surface area contributed by atoms with E-state index >= 15 is 0 Å². The minimum absolute atomic E-state index is 0.0375. The van der Waals surface area contributed by atoms with Gasteiger partial charge >= 0.3 is 5.97 Å². The Bertz CT molecular complexity index is 746. The van der Waals surface area contributed by atoms with Crippen molar-refractivity contribution >= 4 is 23.3 Å². The number of anilines is 1. The van der Waals surface area contributed by atoms with Crippen molar-refractivity contribution in [2.75, 3.05) is 5.32 Å². The first-order valence-electron chi connectivity index (χ1n) is 11.9. The van der Waals surface area contributed by atoms with Crippen LogP contribution < -0.4 is 5.32 Å². The average molecular weight is 447 g/mol. The standard InChI is InChI=1S/C25H38N2O5/c1-2-3-4-5-6-7-8-9-10-11-12-13-14-15-16-17-24(28)26-23-20-21(27(31)32)18-19-22(23)25(29)30/h9-10,18-20H,2-8,11-17H2,1H3,(H,26,28)(H,29,30). The lowest BCUT2D eigenvalue weighted by Gasteiger charge is -2.08. The molecule has 0 unspecified atom stereocenters. The number of nitrogens with one attached hydrogen (secondary N) is 1. The van der Waals surface area contributed by atoms with Crippen LogP contribution in [0.4, 0.5) is 11.4 Å². The second kappa shape index (κ2) is 16.9. The molecule has 0 saturated heterocycles. The quantitative estimate of drug-likeness (QED) is 0.107. The Morgan fingerprint density at radius 3 is 2.06 bits per heavy atom. The van der Waals surface area contributed by atoms with Gasteiger partial charge in [0.05, 0.1) is 16.2 Å². The molecule has 0 heterocycles. The number of carboxylic acid groups (broad SMARTS) is 1. The molecular formula is C25H38N2O5. The Morgan fingerprint density at radius 1 is 0.938 bits per heavy atom. The maximum atomic E-state index is 12.1. The molecule has 1 aromatic carbocycles. The molecule has 7 nitrogen and oxygen atoms in total. The Morgan fingerprint density at radius 2 is 1.50 bits per heavy atom. The van der Waals surface area contributed by atoms with Crippen molar-refractivity contribution in [2.24, 2.45) is 0 Å². The van der Waals surface area contributed by atoms with E-state index in [1.54, 1.807) is 0 Å². The number of carbonyl (C=O) groups excluding carboxylic acids is 1. The number of nitrogens with zero attached hydrogens (tertiary/aromatic N) is 1. The number of nitro groups is 1. The molecule has 1 rings (SSSR count). The number of rotatable bonds is 18. The van der Waals surface area contributed by atoms with E-state index in [9.17, 15) is 24.8 Å². The summed E-state index contributed by atoms with van der Waals surface area (Å²) in [7, 11) is 0. The highest BCUT2D eigenvalue weighted by Gasteiger charge is 2.17. The molecular weight excluding hydrogens is 408 g/mol. The minimum atomic E-state index is -1.24. The van der Waals surface area contributed by atoms with Gasteiger partial charge in [0.1, 0.15) is 0 Å². The smallest absolute Gasteiger partial charge is 0.337 e. The molecule has 1 amide bonds. The number of non-ortho nitro benzene ring substituents is 1. The van der Waals surface area contributed by atoms with E-state index in [4.69, 9.17) is 0 Å². The summed E-state index contributed by atoms with van der Waals surface area (Å²) in [6.45, 7) is 2.24. The first-order valence-corrected chi connectivity index (χ1v) is 11.9. The number of amides is 1. The molecule has 2 N–H and O–H groups in total. The fraction of sp³-hybridized carbons (Fsp3) is 0.600. The predicted octanol–water partition coefficient (Wildman–Crippen LogP) is 7.27. The summed E-state index contributed by atoms with van der Waals surface area (Å²) < 4.78 is 0. The number of allylic oxidation sites excluding steroid dienone is 2. The molecule has 0 atom stereocenters. The lowest BCUT2D eigenvalue weighted by molar-refractivity contribution is -0.384. The van der Waals surface area contributed by atoms with E-state index in [-0.39, 0.29) is 29.3 Å². The van der Waals surface area contributed by atoms with Gasteiger partial charge in [0, 0.05) is 18.6 Å². The third-order valence-corrected chi connectivity index (χ3v) is 5.38. The summed E-state index contributed by atoms with van der Waals surface area (Å²) in [4.78, 5) is 33.7. The van der Waals surface area contributed by atoms with Crippen LogP contribution in [-0.2, 0) is 4.79 Å². The van der Waals surface area contributed by atoms with Gasteiger partial charge in [0.25, 0.3) is 5.69 Å². The zero-order valence-electron chi connectivity index (χ0n) is 19.3. The van der Waals surface area contributed by atoms with Crippen LogP contribution in [0.2, 0.25) is 0 Å².